The Bertz CT molecular complexity index is 1160. The maximum absolute atomic E-state index is 14.6. The van der Waals surface area contributed by atoms with Gasteiger partial charge in [0.2, 0.25) is 0 Å². The van der Waals surface area contributed by atoms with Crippen LogP contribution in [0.5, 0.6) is 0 Å². The van der Waals surface area contributed by atoms with Crippen molar-refractivity contribution in [3.05, 3.63) is 106 Å². The van der Waals surface area contributed by atoms with E-state index in [-0.39, 0.29) is 5.82 Å². The summed E-state index contributed by atoms with van der Waals surface area (Å²) in [5.41, 5.74) is 5.55. The van der Waals surface area contributed by atoms with E-state index in [9.17, 15) is 4.39 Å². The Morgan fingerprint density at radius 3 is 1.63 bits per heavy atom. The summed E-state index contributed by atoms with van der Waals surface area (Å²) in [5, 5.41) is 0. The molecule has 0 bridgehead atoms. The molecule has 0 aromatic heterocycles. The van der Waals surface area contributed by atoms with Gasteiger partial charge < -0.3 is 0 Å². The Hall–Kier alpha value is -3.29. The van der Waals surface area contributed by atoms with Gasteiger partial charge in [0.15, 0.2) is 0 Å². The number of benzene rings is 3. The average molecular weight is 465 g/mol. The van der Waals surface area contributed by atoms with Gasteiger partial charge in [0.05, 0.1) is 5.56 Å². The predicted octanol–water partition coefficient (Wildman–Crippen LogP) is 8.87. The number of aryl methyl sites for hydroxylation is 2. The van der Waals surface area contributed by atoms with E-state index >= 15 is 0 Å². The molecule has 0 amide bonds. The second kappa shape index (κ2) is 14.9. The lowest BCUT2D eigenvalue weighted by molar-refractivity contribution is 0.589. The van der Waals surface area contributed by atoms with Crippen LogP contribution >= 0.6 is 0 Å². The van der Waals surface area contributed by atoms with Crippen LogP contribution in [-0.2, 0) is 12.8 Å². The van der Waals surface area contributed by atoms with Crippen molar-refractivity contribution in [3.8, 4) is 23.7 Å². The van der Waals surface area contributed by atoms with Crippen LogP contribution in [0.2, 0.25) is 0 Å². The first kappa shape index (κ1) is 26.3. The smallest absolute Gasteiger partial charge is 0.140 e. The lowest BCUT2D eigenvalue weighted by Gasteiger charge is -2.02. The fourth-order valence-corrected chi connectivity index (χ4v) is 4.06. The molecule has 0 saturated carbocycles. The van der Waals surface area contributed by atoms with E-state index < -0.39 is 0 Å². The Morgan fingerprint density at radius 2 is 1.03 bits per heavy atom. The molecule has 0 aliphatic carbocycles. The van der Waals surface area contributed by atoms with Gasteiger partial charge in [-0.2, -0.15) is 0 Å². The Labute approximate surface area is 212 Å². The van der Waals surface area contributed by atoms with Crippen LogP contribution in [0.25, 0.3) is 0 Å². The molecule has 0 spiro atoms. The summed E-state index contributed by atoms with van der Waals surface area (Å²) in [4.78, 5) is 0. The highest BCUT2D eigenvalue weighted by molar-refractivity contribution is 5.49. The molecule has 3 aromatic carbocycles. The van der Waals surface area contributed by atoms with Gasteiger partial charge in [-0.05, 0) is 72.9 Å². The summed E-state index contributed by atoms with van der Waals surface area (Å²) in [5.74, 6) is 11.9. The highest BCUT2D eigenvalue weighted by Gasteiger charge is 2.00. The summed E-state index contributed by atoms with van der Waals surface area (Å²) >= 11 is 0. The Balaban J connectivity index is 1.52. The third-order valence-corrected chi connectivity index (χ3v) is 6.18. The molecule has 1 heteroatoms. The predicted molar refractivity (Wildman–Crippen MR) is 147 cm³/mol. The van der Waals surface area contributed by atoms with Crippen molar-refractivity contribution in [3.63, 3.8) is 0 Å². The molecule has 0 radical (unpaired) electrons. The van der Waals surface area contributed by atoms with Gasteiger partial charge in [-0.1, -0.05) is 107 Å². The van der Waals surface area contributed by atoms with Crippen molar-refractivity contribution in [1.82, 2.24) is 0 Å². The second-order valence-corrected chi connectivity index (χ2v) is 9.21. The van der Waals surface area contributed by atoms with Crippen molar-refractivity contribution in [2.45, 2.75) is 78.1 Å². The van der Waals surface area contributed by atoms with E-state index in [1.807, 2.05) is 30.3 Å². The summed E-state index contributed by atoms with van der Waals surface area (Å²) in [6.45, 7) is 4.43. The maximum Gasteiger partial charge on any atom is 0.140 e. The van der Waals surface area contributed by atoms with E-state index in [0.29, 0.717) is 11.1 Å². The minimum Gasteiger partial charge on any atom is -0.206 e. The largest absolute Gasteiger partial charge is 0.206 e. The molecule has 3 rings (SSSR count). The van der Waals surface area contributed by atoms with Crippen LogP contribution in [0, 0.1) is 29.5 Å². The number of rotatable bonds is 10. The molecule has 0 nitrogen and oxygen atoms in total. The summed E-state index contributed by atoms with van der Waals surface area (Å²) in [6.07, 6.45) is 12.6. The summed E-state index contributed by atoms with van der Waals surface area (Å²) < 4.78 is 14.6. The van der Waals surface area contributed by atoms with Crippen molar-refractivity contribution < 1.29 is 4.39 Å². The van der Waals surface area contributed by atoms with E-state index in [2.05, 4.69) is 61.8 Å². The van der Waals surface area contributed by atoms with E-state index in [4.69, 9.17) is 0 Å². The van der Waals surface area contributed by atoms with Gasteiger partial charge in [-0.15, -0.1) is 0 Å². The summed E-state index contributed by atoms with van der Waals surface area (Å²) in [6, 6.07) is 21.6. The molecular weight excluding hydrogens is 427 g/mol. The maximum atomic E-state index is 14.6. The van der Waals surface area contributed by atoms with Crippen LogP contribution in [0.1, 0.15) is 98.6 Å². The van der Waals surface area contributed by atoms with Crippen molar-refractivity contribution in [2.75, 3.05) is 0 Å². The minimum absolute atomic E-state index is 0.335. The molecule has 0 heterocycles. The summed E-state index contributed by atoms with van der Waals surface area (Å²) in [7, 11) is 0. The first-order valence-electron chi connectivity index (χ1n) is 13.2. The van der Waals surface area contributed by atoms with Gasteiger partial charge in [0.1, 0.15) is 5.82 Å². The molecule has 0 fully saturated rings. The van der Waals surface area contributed by atoms with Crippen LogP contribution < -0.4 is 0 Å². The lowest BCUT2D eigenvalue weighted by Crippen LogP contribution is -1.88. The number of hydrogen-bond donors (Lipinski definition) is 0. The molecule has 0 aliphatic heterocycles. The van der Waals surface area contributed by atoms with Gasteiger partial charge in [0.25, 0.3) is 0 Å². The minimum atomic E-state index is -0.335. The Morgan fingerprint density at radius 1 is 0.514 bits per heavy atom. The molecule has 180 valence electrons. The van der Waals surface area contributed by atoms with E-state index in [1.54, 1.807) is 6.07 Å². The Kier molecular flexibility index (Phi) is 11.2. The monoisotopic (exact) mass is 464 g/mol. The van der Waals surface area contributed by atoms with Gasteiger partial charge in [-0.25, -0.2) is 4.39 Å². The molecular formula is C34H37F. The first-order chi connectivity index (χ1) is 17.2. The van der Waals surface area contributed by atoms with Crippen molar-refractivity contribution >= 4 is 0 Å². The molecule has 35 heavy (non-hydrogen) atoms. The second-order valence-electron chi connectivity index (χ2n) is 9.21. The van der Waals surface area contributed by atoms with Crippen LogP contribution in [0.4, 0.5) is 4.39 Å². The lowest BCUT2D eigenvalue weighted by atomic mass is 10.0. The van der Waals surface area contributed by atoms with Crippen LogP contribution in [0.15, 0.2) is 66.7 Å². The van der Waals surface area contributed by atoms with Crippen molar-refractivity contribution in [2.24, 2.45) is 0 Å². The van der Waals surface area contributed by atoms with E-state index in [0.717, 1.165) is 30.4 Å². The quantitative estimate of drug-likeness (QED) is 0.208. The third kappa shape index (κ3) is 9.47. The van der Waals surface area contributed by atoms with Gasteiger partial charge in [0, 0.05) is 16.7 Å². The number of halogens is 1. The zero-order valence-corrected chi connectivity index (χ0v) is 21.3. The first-order valence-corrected chi connectivity index (χ1v) is 13.2. The third-order valence-electron chi connectivity index (χ3n) is 6.18. The van der Waals surface area contributed by atoms with Crippen molar-refractivity contribution in [1.29, 1.82) is 0 Å². The fourth-order valence-electron chi connectivity index (χ4n) is 4.06. The molecule has 0 atom stereocenters. The average Bonchev–Trinajstić information content (AvgIpc) is 2.88. The molecule has 0 N–H and O–H groups in total. The van der Waals surface area contributed by atoms with Gasteiger partial charge >= 0.3 is 0 Å². The fraction of sp³-hybridized carbons (Fsp3) is 0.353. The van der Waals surface area contributed by atoms with E-state index in [1.165, 1.54) is 62.1 Å². The highest BCUT2D eigenvalue weighted by Crippen LogP contribution is 2.13. The van der Waals surface area contributed by atoms with Crippen LogP contribution in [-0.4, -0.2) is 0 Å². The molecule has 0 aliphatic rings. The number of unbranched alkanes of at least 4 members (excludes halogenated alkanes) is 6. The van der Waals surface area contributed by atoms with Crippen LogP contribution in [0.3, 0.4) is 0 Å². The normalized spacial score (nSPS) is 10.3. The zero-order valence-electron chi connectivity index (χ0n) is 21.3. The van der Waals surface area contributed by atoms with Gasteiger partial charge in [-0.3, -0.25) is 0 Å². The highest BCUT2D eigenvalue weighted by atomic mass is 19.1. The topological polar surface area (TPSA) is 0 Å². The standard InChI is InChI=1S/C34H37F/c1-3-5-6-7-8-9-10-12-29-15-19-31(20-16-29)23-25-33-26-24-32(27-34(33)35)22-21-30-17-13-28(11-4-2)14-18-30/h13-20,24,26-27H,3-12H2,1-2H3. The SMILES string of the molecule is CCCCCCCCCc1ccc(C#Cc2ccc(C#Cc3ccc(CCC)cc3)cc2F)cc1. The molecule has 0 unspecified atom stereocenters. The molecule has 3 aromatic rings. The number of hydrogen-bond acceptors (Lipinski definition) is 0. The zero-order chi connectivity index (χ0) is 24.7. The molecule has 0 saturated heterocycles.